The van der Waals surface area contributed by atoms with E-state index in [9.17, 15) is 15.2 Å². The third-order valence-electron chi connectivity index (χ3n) is 4.49. The number of phenolic OH excluding ortho intramolecular Hbond substituents is 1. The minimum atomic E-state index is -0.419. The molecule has 0 radical (unpaired) electrons. The number of ketones is 1. The van der Waals surface area contributed by atoms with Crippen molar-refractivity contribution in [2.45, 2.75) is 32.1 Å². The molecule has 0 bridgehead atoms. The lowest BCUT2D eigenvalue weighted by Gasteiger charge is -2.33. The summed E-state index contributed by atoms with van der Waals surface area (Å²) in [5.41, 5.74) is 2.93. The third-order valence-corrected chi connectivity index (χ3v) is 5.39. The number of nitrogens with one attached hydrogen (secondary N) is 1. The van der Waals surface area contributed by atoms with E-state index in [0.29, 0.717) is 23.3 Å². The second kappa shape index (κ2) is 7.24. The Morgan fingerprint density at radius 2 is 2.24 bits per heavy atom. The number of hydrogen-bond acceptors (Lipinski definition) is 6. The normalized spacial score (nSPS) is 20.0. The van der Waals surface area contributed by atoms with Crippen LogP contribution in [0.3, 0.4) is 0 Å². The van der Waals surface area contributed by atoms with Crippen LogP contribution in [0.2, 0.25) is 0 Å². The first-order chi connectivity index (χ1) is 12.1. The number of allylic oxidation sites excluding steroid dienone is 3. The molecule has 0 fully saturated rings. The predicted octanol–water partition coefficient (Wildman–Crippen LogP) is 3.58. The summed E-state index contributed by atoms with van der Waals surface area (Å²) in [5, 5.41) is 23.8. The highest BCUT2D eigenvalue weighted by molar-refractivity contribution is 8.03. The van der Waals surface area contributed by atoms with Crippen LogP contribution in [-0.4, -0.2) is 23.8 Å². The van der Waals surface area contributed by atoms with Crippen molar-refractivity contribution in [3.63, 3.8) is 0 Å². The van der Waals surface area contributed by atoms with Crippen LogP contribution in [0.5, 0.6) is 11.5 Å². The van der Waals surface area contributed by atoms with Crippen molar-refractivity contribution in [3.8, 4) is 17.6 Å². The molecule has 25 heavy (non-hydrogen) atoms. The van der Waals surface area contributed by atoms with Crippen molar-refractivity contribution >= 4 is 17.5 Å². The maximum absolute atomic E-state index is 12.6. The van der Waals surface area contributed by atoms with E-state index in [2.05, 4.69) is 11.4 Å². The van der Waals surface area contributed by atoms with Gasteiger partial charge in [0, 0.05) is 17.7 Å². The predicted molar refractivity (Wildman–Crippen MR) is 97.2 cm³/mol. The molecule has 1 aromatic carbocycles. The standard InChI is InChI=1S/C19H20N2O3S/c1-3-25-19-12(10-20)17(11-7-8-14(22)16(9-11)24-2)18-13(21-19)5-4-6-15(18)23/h7-9,17,21-22H,3-6H2,1-2H3/t17-/m1/s1. The number of rotatable bonds is 4. The molecule has 5 nitrogen and oxygen atoms in total. The van der Waals surface area contributed by atoms with Crippen LogP contribution in [0, 0.1) is 11.3 Å². The number of benzene rings is 1. The largest absolute Gasteiger partial charge is 0.504 e. The molecule has 1 aliphatic heterocycles. The van der Waals surface area contributed by atoms with Gasteiger partial charge in [-0.3, -0.25) is 4.79 Å². The molecular formula is C19H20N2O3S. The zero-order valence-electron chi connectivity index (χ0n) is 14.3. The fourth-order valence-corrected chi connectivity index (χ4v) is 4.19. The summed E-state index contributed by atoms with van der Waals surface area (Å²) in [6.07, 6.45) is 2.13. The molecule has 2 N–H and O–H groups in total. The van der Waals surface area contributed by atoms with Crippen molar-refractivity contribution < 1.29 is 14.6 Å². The Labute approximate surface area is 151 Å². The highest BCUT2D eigenvalue weighted by Crippen LogP contribution is 2.45. The number of Topliss-reactive ketones (excluding diaryl/α,β-unsaturated/α-hetero) is 1. The Morgan fingerprint density at radius 3 is 2.92 bits per heavy atom. The van der Waals surface area contributed by atoms with Crippen LogP contribution in [0.4, 0.5) is 0 Å². The van der Waals surface area contributed by atoms with Gasteiger partial charge >= 0.3 is 0 Å². The van der Waals surface area contributed by atoms with Crippen molar-refractivity contribution in [2.24, 2.45) is 0 Å². The van der Waals surface area contributed by atoms with Crippen molar-refractivity contribution in [2.75, 3.05) is 12.9 Å². The van der Waals surface area contributed by atoms with Gasteiger partial charge < -0.3 is 15.2 Å². The minimum Gasteiger partial charge on any atom is -0.504 e. The first-order valence-corrected chi connectivity index (χ1v) is 9.26. The lowest BCUT2D eigenvalue weighted by atomic mass is 9.77. The monoisotopic (exact) mass is 356 g/mol. The molecule has 1 heterocycles. The molecule has 1 atom stereocenters. The number of carbonyl (C=O) groups is 1. The van der Waals surface area contributed by atoms with Gasteiger partial charge in [0.15, 0.2) is 17.3 Å². The zero-order valence-corrected chi connectivity index (χ0v) is 15.1. The number of carbonyl (C=O) groups excluding carboxylic acids is 1. The van der Waals surface area contributed by atoms with Crippen molar-refractivity contribution in [1.82, 2.24) is 5.32 Å². The van der Waals surface area contributed by atoms with Gasteiger partial charge in [-0.15, -0.1) is 11.8 Å². The Hall–Kier alpha value is -2.39. The van der Waals surface area contributed by atoms with Gasteiger partial charge in [0.1, 0.15) is 0 Å². The third kappa shape index (κ3) is 3.12. The maximum Gasteiger partial charge on any atom is 0.161 e. The van der Waals surface area contributed by atoms with Gasteiger partial charge in [0.05, 0.1) is 29.7 Å². The van der Waals surface area contributed by atoms with Gasteiger partial charge in [0.25, 0.3) is 0 Å². The van der Waals surface area contributed by atoms with E-state index >= 15 is 0 Å². The second-order valence-corrected chi connectivity index (χ2v) is 7.22. The topological polar surface area (TPSA) is 82.3 Å². The molecule has 0 unspecified atom stereocenters. The fraction of sp³-hybridized carbons (Fsp3) is 0.368. The van der Waals surface area contributed by atoms with E-state index in [4.69, 9.17) is 4.74 Å². The molecule has 1 aromatic rings. The Kier molecular flexibility index (Phi) is 5.05. The first-order valence-electron chi connectivity index (χ1n) is 8.27. The molecule has 1 aliphatic carbocycles. The van der Waals surface area contributed by atoms with Gasteiger partial charge in [0.2, 0.25) is 0 Å². The van der Waals surface area contributed by atoms with E-state index in [1.165, 1.54) is 7.11 Å². The van der Waals surface area contributed by atoms with Crippen LogP contribution in [-0.2, 0) is 4.79 Å². The van der Waals surface area contributed by atoms with Crippen LogP contribution in [0.1, 0.15) is 37.7 Å². The lowest BCUT2D eigenvalue weighted by Crippen LogP contribution is -2.31. The average molecular weight is 356 g/mol. The first kappa shape index (κ1) is 17.4. The van der Waals surface area contributed by atoms with Crippen LogP contribution >= 0.6 is 11.8 Å². The lowest BCUT2D eigenvalue weighted by molar-refractivity contribution is -0.116. The molecule has 0 spiro atoms. The van der Waals surface area contributed by atoms with Crippen molar-refractivity contribution in [3.05, 3.63) is 45.6 Å². The van der Waals surface area contributed by atoms with Crippen molar-refractivity contribution in [1.29, 1.82) is 5.26 Å². The van der Waals surface area contributed by atoms with Gasteiger partial charge in [-0.1, -0.05) is 13.0 Å². The Balaban J connectivity index is 2.19. The van der Waals surface area contributed by atoms with Gasteiger partial charge in [-0.2, -0.15) is 5.26 Å². The molecule has 3 rings (SSSR count). The number of hydrogen-bond donors (Lipinski definition) is 2. The van der Waals surface area contributed by atoms with Crippen LogP contribution < -0.4 is 10.1 Å². The summed E-state index contributed by atoms with van der Waals surface area (Å²) in [6, 6.07) is 7.31. The number of methoxy groups -OCH3 is 1. The summed E-state index contributed by atoms with van der Waals surface area (Å²) in [7, 11) is 1.48. The molecule has 0 aromatic heterocycles. The van der Waals surface area contributed by atoms with E-state index < -0.39 is 5.92 Å². The minimum absolute atomic E-state index is 0.0370. The number of ether oxygens (including phenoxy) is 1. The molecule has 0 saturated heterocycles. The molecule has 130 valence electrons. The van der Waals surface area contributed by atoms with Gasteiger partial charge in [-0.25, -0.2) is 0 Å². The number of nitrogens with zero attached hydrogens (tertiary/aromatic N) is 1. The average Bonchev–Trinajstić information content (AvgIpc) is 2.61. The zero-order chi connectivity index (χ0) is 18.0. The second-order valence-electron chi connectivity index (χ2n) is 5.95. The smallest absolute Gasteiger partial charge is 0.161 e. The number of dihydropyridines is 1. The molecule has 0 saturated carbocycles. The number of nitriles is 1. The number of thioether (sulfide) groups is 1. The molecule has 0 amide bonds. The molecule has 6 heteroatoms. The van der Waals surface area contributed by atoms with E-state index in [1.54, 1.807) is 30.0 Å². The summed E-state index contributed by atoms with van der Waals surface area (Å²) in [5.74, 6) is 0.866. The highest BCUT2D eigenvalue weighted by atomic mass is 32.2. The highest BCUT2D eigenvalue weighted by Gasteiger charge is 2.37. The maximum atomic E-state index is 12.6. The van der Waals surface area contributed by atoms with Gasteiger partial charge in [-0.05, 0) is 36.3 Å². The SMILES string of the molecule is CCSC1=C(C#N)[C@@H](c2ccc(O)c(OC)c2)C2=C(CCCC2=O)N1. The van der Waals surface area contributed by atoms with Crippen LogP contribution in [0.25, 0.3) is 0 Å². The molecule has 2 aliphatic rings. The van der Waals surface area contributed by atoms with E-state index in [-0.39, 0.29) is 11.5 Å². The Morgan fingerprint density at radius 1 is 1.44 bits per heavy atom. The number of aromatic hydroxyl groups is 1. The number of phenols is 1. The molecular weight excluding hydrogens is 336 g/mol. The van der Waals surface area contributed by atoms with E-state index in [0.717, 1.165) is 34.9 Å². The summed E-state index contributed by atoms with van der Waals surface area (Å²) in [6.45, 7) is 2.03. The quantitative estimate of drug-likeness (QED) is 0.858. The van der Waals surface area contributed by atoms with Crippen LogP contribution in [0.15, 0.2) is 40.1 Å². The summed E-state index contributed by atoms with van der Waals surface area (Å²) >= 11 is 1.57. The summed E-state index contributed by atoms with van der Waals surface area (Å²) in [4.78, 5) is 12.6. The fourth-order valence-electron chi connectivity index (χ4n) is 3.39. The Bertz CT molecular complexity index is 820. The summed E-state index contributed by atoms with van der Waals surface area (Å²) < 4.78 is 5.21. The van der Waals surface area contributed by atoms with E-state index in [1.807, 2.05) is 6.92 Å².